The number of ether oxygens (including phenoxy) is 1. The average molecular weight is 426 g/mol. The number of nitrogens with one attached hydrogen (secondary N) is 1. The van der Waals surface area contributed by atoms with Crippen molar-refractivity contribution in [3.8, 4) is 0 Å². The van der Waals surface area contributed by atoms with E-state index in [4.69, 9.17) is 4.74 Å². The number of hydrogen-bond donors (Lipinski definition) is 1. The molecule has 2 saturated heterocycles. The number of aliphatic imine (C=N–C) groups is 1. The highest BCUT2D eigenvalue weighted by molar-refractivity contribution is 5.80. The van der Waals surface area contributed by atoms with Crippen LogP contribution in [-0.4, -0.2) is 75.3 Å². The van der Waals surface area contributed by atoms with Crippen molar-refractivity contribution in [1.29, 1.82) is 0 Å². The standard InChI is InChI=1S/C24H32FN5O/c1-26-24(30-12-10-29(11-13-30)23-8-6-22(25)7-9-23)27-18-20-4-2-3-5-21(20)19-28-14-16-31-17-15-28/h2-9H,10-19H2,1H3,(H,26,27). The summed E-state index contributed by atoms with van der Waals surface area (Å²) in [6.45, 7) is 8.86. The average Bonchev–Trinajstić information content (AvgIpc) is 2.82. The van der Waals surface area contributed by atoms with Gasteiger partial charge in [0.15, 0.2) is 5.96 Å². The topological polar surface area (TPSA) is 43.3 Å². The van der Waals surface area contributed by atoms with Gasteiger partial charge in [-0.3, -0.25) is 9.89 Å². The van der Waals surface area contributed by atoms with Gasteiger partial charge >= 0.3 is 0 Å². The Labute approximate surface area is 184 Å². The fourth-order valence-electron chi connectivity index (χ4n) is 4.22. The molecule has 2 aromatic carbocycles. The summed E-state index contributed by atoms with van der Waals surface area (Å²) < 4.78 is 18.7. The van der Waals surface area contributed by atoms with E-state index in [-0.39, 0.29) is 5.82 Å². The normalized spacial score (nSPS) is 18.3. The molecule has 6 nitrogen and oxygen atoms in total. The third-order valence-electron chi connectivity index (χ3n) is 6.04. The van der Waals surface area contributed by atoms with Gasteiger partial charge in [-0.1, -0.05) is 24.3 Å². The van der Waals surface area contributed by atoms with E-state index in [9.17, 15) is 4.39 Å². The molecule has 0 aliphatic carbocycles. The van der Waals surface area contributed by atoms with E-state index in [1.807, 2.05) is 19.2 Å². The van der Waals surface area contributed by atoms with E-state index < -0.39 is 0 Å². The van der Waals surface area contributed by atoms with E-state index in [2.05, 4.69) is 49.3 Å². The summed E-state index contributed by atoms with van der Waals surface area (Å²) >= 11 is 0. The lowest BCUT2D eigenvalue weighted by molar-refractivity contribution is 0.0341. The molecule has 0 atom stereocenters. The highest BCUT2D eigenvalue weighted by atomic mass is 19.1. The Kier molecular flexibility index (Phi) is 7.38. The van der Waals surface area contributed by atoms with Crippen LogP contribution in [0.1, 0.15) is 11.1 Å². The molecule has 0 aromatic heterocycles. The minimum absolute atomic E-state index is 0.194. The lowest BCUT2D eigenvalue weighted by Crippen LogP contribution is -2.52. The van der Waals surface area contributed by atoms with E-state index in [0.717, 1.165) is 77.2 Å². The maximum absolute atomic E-state index is 13.2. The first-order valence-corrected chi connectivity index (χ1v) is 11.1. The second-order valence-electron chi connectivity index (χ2n) is 8.01. The molecular formula is C24H32FN5O. The van der Waals surface area contributed by atoms with Gasteiger partial charge in [0.1, 0.15) is 5.82 Å². The summed E-state index contributed by atoms with van der Waals surface area (Å²) in [6.07, 6.45) is 0. The van der Waals surface area contributed by atoms with Gasteiger partial charge in [0.05, 0.1) is 13.2 Å². The SMILES string of the molecule is CN=C(NCc1ccccc1CN1CCOCC1)N1CCN(c2ccc(F)cc2)CC1. The molecule has 0 amide bonds. The van der Waals surface area contributed by atoms with Gasteiger partial charge in [-0.2, -0.15) is 0 Å². The largest absolute Gasteiger partial charge is 0.379 e. The monoisotopic (exact) mass is 425 g/mol. The smallest absolute Gasteiger partial charge is 0.194 e. The molecule has 166 valence electrons. The molecule has 0 saturated carbocycles. The van der Waals surface area contributed by atoms with Gasteiger partial charge in [0, 0.05) is 65.1 Å². The Morgan fingerprint density at radius 2 is 1.61 bits per heavy atom. The van der Waals surface area contributed by atoms with E-state index in [1.165, 1.54) is 23.3 Å². The summed E-state index contributed by atoms with van der Waals surface area (Å²) in [6, 6.07) is 15.4. The first-order chi connectivity index (χ1) is 15.2. The van der Waals surface area contributed by atoms with Crippen LogP contribution in [0.4, 0.5) is 10.1 Å². The van der Waals surface area contributed by atoms with Crippen molar-refractivity contribution in [2.75, 3.05) is 64.4 Å². The molecule has 2 aliphatic rings. The van der Waals surface area contributed by atoms with Crippen molar-refractivity contribution in [2.45, 2.75) is 13.1 Å². The maximum atomic E-state index is 13.2. The number of anilines is 1. The predicted octanol–water partition coefficient (Wildman–Crippen LogP) is 2.56. The highest BCUT2D eigenvalue weighted by Crippen LogP contribution is 2.17. The summed E-state index contributed by atoms with van der Waals surface area (Å²) in [5.41, 5.74) is 3.73. The van der Waals surface area contributed by atoms with Crippen molar-refractivity contribution < 1.29 is 9.13 Å². The summed E-state index contributed by atoms with van der Waals surface area (Å²) in [5.74, 6) is 0.737. The number of rotatable bonds is 5. The van der Waals surface area contributed by atoms with Crippen LogP contribution in [0.2, 0.25) is 0 Å². The number of piperazine rings is 1. The van der Waals surface area contributed by atoms with Crippen LogP contribution in [0.3, 0.4) is 0 Å². The lowest BCUT2D eigenvalue weighted by atomic mass is 10.1. The molecule has 4 rings (SSSR count). The molecule has 2 aromatic rings. The van der Waals surface area contributed by atoms with Gasteiger partial charge in [0.25, 0.3) is 0 Å². The summed E-state index contributed by atoms with van der Waals surface area (Å²) in [7, 11) is 1.84. The van der Waals surface area contributed by atoms with Gasteiger partial charge in [0.2, 0.25) is 0 Å². The summed E-state index contributed by atoms with van der Waals surface area (Å²) in [5, 5.41) is 3.56. The molecule has 0 bridgehead atoms. The Bertz CT molecular complexity index is 859. The number of hydrogen-bond acceptors (Lipinski definition) is 4. The third-order valence-corrected chi connectivity index (χ3v) is 6.04. The number of guanidine groups is 1. The first-order valence-electron chi connectivity index (χ1n) is 11.1. The van der Waals surface area contributed by atoms with Crippen molar-refractivity contribution >= 4 is 11.6 Å². The predicted molar refractivity (Wildman–Crippen MR) is 123 cm³/mol. The molecule has 2 aliphatic heterocycles. The zero-order chi connectivity index (χ0) is 21.5. The van der Waals surface area contributed by atoms with Crippen LogP contribution in [0, 0.1) is 5.82 Å². The number of halogens is 1. The molecule has 7 heteroatoms. The first kappa shape index (κ1) is 21.6. The van der Waals surface area contributed by atoms with Crippen LogP contribution < -0.4 is 10.2 Å². The molecule has 0 unspecified atom stereocenters. The fraction of sp³-hybridized carbons (Fsp3) is 0.458. The second-order valence-corrected chi connectivity index (χ2v) is 8.01. The van der Waals surface area contributed by atoms with Crippen molar-refractivity contribution in [3.05, 3.63) is 65.5 Å². The molecule has 0 spiro atoms. The molecule has 0 radical (unpaired) electrons. The zero-order valence-electron chi connectivity index (χ0n) is 18.3. The Morgan fingerprint density at radius 1 is 0.935 bits per heavy atom. The quantitative estimate of drug-likeness (QED) is 0.589. The van der Waals surface area contributed by atoms with Crippen molar-refractivity contribution in [2.24, 2.45) is 4.99 Å². The Morgan fingerprint density at radius 3 is 2.29 bits per heavy atom. The minimum Gasteiger partial charge on any atom is -0.379 e. The lowest BCUT2D eigenvalue weighted by Gasteiger charge is -2.37. The molecule has 2 heterocycles. The molecule has 2 fully saturated rings. The minimum atomic E-state index is -0.194. The summed E-state index contributed by atoms with van der Waals surface area (Å²) in [4.78, 5) is 11.6. The Balaban J connectivity index is 1.31. The molecular weight excluding hydrogens is 393 g/mol. The van der Waals surface area contributed by atoms with Gasteiger partial charge in [-0.25, -0.2) is 4.39 Å². The van der Waals surface area contributed by atoms with E-state index in [1.54, 1.807) is 0 Å². The highest BCUT2D eigenvalue weighted by Gasteiger charge is 2.20. The van der Waals surface area contributed by atoms with Gasteiger partial charge < -0.3 is 19.9 Å². The van der Waals surface area contributed by atoms with Crippen molar-refractivity contribution in [3.63, 3.8) is 0 Å². The van der Waals surface area contributed by atoms with E-state index in [0.29, 0.717) is 0 Å². The third kappa shape index (κ3) is 5.74. The van der Waals surface area contributed by atoms with Gasteiger partial charge in [-0.15, -0.1) is 0 Å². The van der Waals surface area contributed by atoms with Crippen molar-refractivity contribution in [1.82, 2.24) is 15.1 Å². The number of nitrogens with zero attached hydrogens (tertiary/aromatic N) is 4. The van der Waals surface area contributed by atoms with E-state index >= 15 is 0 Å². The molecule has 1 N–H and O–H groups in total. The number of morpholine rings is 1. The van der Waals surface area contributed by atoms with Crippen LogP contribution in [0.15, 0.2) is 53.5 Å². The zero-order valence-corrected chi connectivity index (χ0v) is 18.3. The second kappa shape index (κ2) is 10.6. The Hall–Kier alpha value is -2.64. The van der Waals surface area contributed by atoms with Crippen LogP contribution >= 0.6 is 0 Å². The van der Waals surface area contributed by atoms with Crippen LogP contribution in [-0.2, 0) is 17.8 Å². The maximum Gasteiger partial charge on any atom is 0.194 e. The van der Waals surface area contributed by atoms with Crippen LogP contribution in [0.5, 0.6) is 0 Å². The number of benzene rings is 2. The molecule has 31 heavy (non-hydrogen) atoms. The van der Waals surface area contributed by atoms with Gasteiger partial charge in [-0.05, 0) is 35.4 Å². The van der Waals surface area contributed by atoms with Crippen LogP contribution in [0.25, 0.3) is 0 Å². The fourth-order valence-corrected chi connectivity index (χ4v) is 4.22.